The summed E-state index contributed by atoms with van der Waals surface area (Å²) in [5, 5.41) is 4.76. The van der Waals surface area contributed by atoms with Crippen LogP contribution in [0.15, 0.2) is 24.5 Å². The van der Waals surface area contributed by atoms with Gasteiger partial charge in [0.1, 0.15) is 0 Å². The highest BCUT2D eigenvalue weighted by Crippen LogP contribution is 2.23. The second kappa shape index (κ2) is 4.71. The van der Waals surface area contributed by atoms with Gasteiger partial charge in [-0.2, -0.15) is 5.10 Å². The van der Waals surface area contributed by atoms with Crippen LogP contribution in [0.1, 0.15) is 32.0 Å². The third-order valence-electron chi connectivity index (χ3n) is 2.66. The molecule has 0 aliphatic heterocycles. The van der Waals surface area contributed by atoms with Gasteiger partial charge in [0.05, 0.1) is 17.4 Å². The average Bonchev–Trinajstić information content (AvgIpc) is 2.74. The summed E-state index contributed by atoms with van der Waals surface area (Å²) < 4.78 is 1.66. The molecule has 2 heterocycles. The molecule has 0 aromatic carbocycles. The van der Waals surface area contributed by atoms with Crippen molar-refractivity contribution in [3.8, 4) is 5.82 Å². The first kappa shape index (κ1) is 13.1. The van der Waals surface area contributed by atoms with E-state index in [4.69, 9.17) is 17.3 Å². The maximum absolute atomic E-state index is 5.88. The Labute approximate surface area is 112 Å². The van der Waals surface area contributed by atoms with Crippen LogP contribution in [0.4, 0.5) is 0 Å². The van der Waals surface area contributed by atoms with Gasteiger partial charge in [0, 0.05) is 17.7 Å². The van der Waals surface area contributed by atoms with Gasteiger partial charge in [-0.15, -0.1) is 0 Å². The molecule has 0 bridgehead atoms. The van der Waals surface area contributed by atoms with E-state index in [9.17, 15) is 0 Å². The molecule has 18 heavy (non-hydrogen) atoms. The summed E-state index contributed by atoms with van der Waals surface area (Å²) in [7, 11) is 0. The van der Waals surface area contributed by atoms with Crippen molar-refractivity contribution in [1.29, 1.82) is 0 Å². The van der Waals surface area contributed by atoms with Crippen molar-refractivity contribution in [3.63, 3.8) is 0 Å². The van der Waals surface area contributed by atoms with Crippen LogP contribution in [0.3, 0.4) is 0 Å². The molecule has 0 spiro atoms. The Morgan fingerprint density at radius 3 is 2.56 bits per heavy atom. The van der Waals surface area contributed by atoms with Gasteiger partial charge in [-0.05, 0) is 17.7 Å². The SMILES string of the molecule is CC(C)(C)c1cc(CN)cc(-n2cc(Cl)cn2)n1. The zero-order valence-electron chi connectivity index (χ0n) is 10.8. The van der Waals surface area contributed by atoms with Crippen molar-refractivity contribution in [1.82, 2.24) is 14.8 Å². The Kier molecular flexibility index (Phi) is 3.41. The second-order valence-electron chi connectivity index (χ2n) is 5.28. The van der Waals surface area contributed by atoms with Gasteiger partial charge < -0.3 is 5.73 Å². The molecule has 2 rings (SSSR count). The standard InChI is InChI=1S/C13H17ClN4/c1-13(2,3)11-4-9(6-15)5-12(17-11)18-8-10(14)7-16-18/h4-5,7-8H,6,15H2,1-3H3. The summed E-state index contributed by atoms with van der Waals surface area (Å²) in [6.45, 7) is 6.84. The molecule has 0 saturated carbocycles. The Morgan fingerprint density at radius 2 is 2.06 bits per heavy atom. The first-order chi connectivity index (χ1) is 8.40. The van der Waals surface area contributed by atoms with Gasteiger partial charge in [-0.25, -0.2) is 9.67 Å². The maximum atomic E-state index is 5.88. The van der Waals surface area contributed by atoms with E-state index >= 15 is 0 Å². The lowest BCUT2D eigenvalue weighted by atomic mass is 9.91. The molecule has 2 aromatic rings. The molecule has 2 aromatic heterocycles. The molecule has 0 aliphatic rings. The van der Waals surface area contributed by atoms with Crippen molar-refractivity contribution in [3.05, 3.63) is 40.8 Å². The predicted molar refractivity (Wildman–Crippen MR) is 73.0 cm³/mol. The minimum atomic E-state index is -0.0309. The molecule has 2 N–H and O–H groups in total. The van der Waals surface area contributed by atoms with Crippen LogP contribution >= 0.6 is 11.6 Å². The normalized spacial score (nSPS) is 11.8. The number of rotatable bonds is 2. The van der Waals surface area contributed by atoms with E-state index in [1.165, 1.54) is 0 Å². The van der Waals surface area contributed by atoms with Crippen LogP contribution in [-0.2, 0) is 12.0 Å². The first-order valence-corrected chi connectivity index (χ1v) is 6.20. The minimum absolute atomic E-state index is 0.0309. The van der Waals surface area contributed by atoms with E-state index in [0.717, 1.165) is 17.1 Å². The number of hydrogen-bond donors (Lipinski definition) is 1. The number of nitrogens with zero attached hydrogens (tertiary/aromatic N) is 3. The fraction of sp³-hybridized carbons (Fsp3) is 0.385. The third-order valence-corrected chi connectivity index (χ3v) is 2.86. The number of pyridine rings is 1. The number of aromatic nitrogens is 3. The van der Waals surface area contributed by atoms with Crippen molar-refractivity contribution in [2.24, 2.45) is 5.73 Å². The van der Waals surface area contributed by atoms with E-state index in [1.54, 1.807) is 17.1 Å². The molecule has 0 unspecified atom stereocenters. The summed E-state index contributed by atoms with van der Waals surface area (Å²) in [6, 6.07) is 3.97. The third kappa shape index (κ3) is 2.71. The highest BCUT2D eigenvalue weighted by molar-refractivity contribution is 6.30. The van der Waals surface area contributed by atoms with E-state index in [1.807, 2.05) is 12.1 Å². The van der Waals surface area contributed by atoms with E-state index in [0.29, 0.717) is 11.6 Å². The van der Waals surface area contributed by atoms with Gasteiger partial charge in [0.2, 0.25) is 0 Å². The van der Waals surface area contributed by atoms with Crippen LogP contribution < -0.4 is 5.73 Å². The minimum Gasteiger partial charge on any atom is -0.326 e. The van der Waals surface area contributed by atoms with Gasteiger partial charge in [0.15, 0.2) is 5.82 Å². The van der Waals surface area contributed by atoms with Crippen LogP contribution in [0.5, 0.6) is 0 Å². The lowest BCUT2D eigenvalue weighted by molar-refractivity contribution is 0.564. The molecule has 4 nitrogen and oxygen atoms in total. The molecule has 0 saturated heterocycles. The largest absolute Gasteiger partial charge is 0.326 e. The molecule has 0 radical (unpaired) electrons. The molecule has 0 atom stereocenters. The molecule has 0 amide bonds. The van der Waals surface area contributed by atoms with E-state index < -0.39 is 0 Å². The Hall–Kier alpha value is -1.39. The van der Waals surface area contributed by atoms with Crippen molar-refractivity contribution in [2.45, 2.75) is 32.7 Å². The summed E-state index contributed by atoms with van der Waals surface area (Å²) in [5.74, 6) is 0.745. The van der Waals surface area contributed by atoms with Gasteiger partial charge in [-0.3, -0.25) is 0 Å². The average molecular weight is 265 g/mol. The number of halogens is 1. The van der Waals surface area contributed by atoms with Crippen LogP contribution in [0.2, 0.25) is 5.02 Å². The van der Waals surface area contributed by atoms with Crippen LogP contribution in [0.25, 0.3) is 5.82 Å². The molecule has 0 aliphatic carbocycles. The van der Waals surface area contributed by atoms with Crippen molar-refractivity contribution in [2.75, 3.05) is 0 Å². The molecular weight excluding hydrogens is 248 g/mol. The highest BCUT2D eigenvalue weighted by Gasteiger charge is 2.17. The van der Waals surface area contributed by atoms with Crippen molar-refractivity contribution < 1.29 is 0 Å². The number of nitrogens with two attached hydrogens (primary N) is 1. The molecular formula is C13H17ClN4. The lowest BCUT2D eigenvalue weighted by Crippen LogP contribution is -2.16. The Balaban J connectivity index is 2.54. The fourth-order valence-electron chi connectivity index (χ4n) is 1.62. The fourth-order valence-corrected chi connectivity index (χ4v) is 1.75. The van der Waals surface area contributed by atoms with Crippen LogP contribution in [-0.4, -0.2) is 14.8 Å². The van der Waals surface area contributed by atoms with Gasteiger partial charge in [0.25, 0.3) is 0 Å². The molecule has 5 heteroatoms. The summed E-state index contributed by atoms with van der Waals surface area (Å²) >= 11 is 5.88. The summed E-state index contributed by atoms with van der Waals surface area (Å²) in [4.78, 5) is 4.62. The highest BCUT2D eigenvalue weighted by atomic mass is 35.5. The predicted octanol–water partition coefficient (Wildman–Crippen LogP) is 2.68. The zero-order chi connectivity index (χ0) is 13.3. The van der Waals surface area contributed by atoms with E-state index in [2.05, 4.69) is 30.9 Å². The Bertz CT molecular complexity index is 554. The monoisotopic (exact) mass is 264 g/mol. The zero-order valence-corrected chi connectivity index (χ0v) is 11.6. The topological polar surface area (TPSA) is 56.7 Å². The molecule has 96 valence electrons. The maximum Gasteiger partial charge on any atom is 0.153 e. The second-order valence-corrected chi connectivity index (χ2v) is 5.71. The molecule has 0 fully saturated rings. The van der Waals surface area contributed by atoms with Gasteiger partial charge in [-0.1, -0.05) is 32.4 Å². The lowest BCUT2D eigenvalue weighted by Gasteiger charge is -2.19. The summed E-state index contributed by atoms with van der Waals surface area (Å²) in [6.07, 6.45) is 3.33. The van der Waals surface area contributed by atoms with E-state index in [-0.39, 0.29) is 5.41 Å². The first-order valence-electron chi connectivity index (χ1n) is 5.82. The Morgan fingerprint density at radius 1 is 1.33 bits per heavy atom. The quantitative estimate of drug-likeness (QED) is 0.907. The number of hydrogen-bond acceptors (Lipinski definition) is 3. The van der Waals surface area contributed by atoms with Crippen LogP contribution in [0, 0.1) is 0 Å². The summed E-state index contributed by atoms with van der Waals surface area (Å²) in [5.41, 5.74) is 7.73. The smallest absolute Gasteiger partial charge is 0.153 e. The van der Waals surface area contributed by atoms with Gasteiger partial charge >= 0.3 is 0 Å². The van der Waals surface area contributed by atoms with Crippen molar-refractivity contribution >= 4 is 11.6 Å².